The van der Waals surface area contributed by atoms with Crippen LogP contribution in [0.5, 0.6) is 0 Å². The second kappa shape index (κ2) is 6.59. The van der Waals surface area contributed by atoms with Crippen LogP contribution in [0.15, 0.2) is 48.5 Å². The zero-order valence-corrected chi connectivity index (χ0v) is 13.9. The number of amides is 1. The van der Waals surface area contributed by atoms with Crippen LogP contribution in [0.25, 0.3) is 0 Å². The minimum atomic E-state index is -0.791. The number of carbonyl (C=O) groups is 2. The molecule has 2 aromatic rings. The summed E-state index contributed by atoms with van der Waals surface area (Å²) in [6.45, 7) is 2.17. The molecule has 2 aromatic carbocycles. The van der Waals surface area contributed by atoms with Crippen LogP contribution in [0.4, 0.5) is 11.4 Å². The number of esters is 1. The van der Waals surface area contributed by atoms with Crippen molar-refractivity contribution in [3.05, 3.63) is 59.7 Å². The minimum Gasteiger partial charge on any atom is -0.448 e. The first-order chi connectivity index (χ1) is 12.2. The van der Waals surface area contributed by atoms with Crippen molar-refractivity contribution in [2.24, 2.45) is 0 Å². The second-order valence-electron chi connectivity index (χ2n) is 6.49. The van der Waals surface area contributed by atoms with Gasteiger partial charge in [0.15, 0.2) is 6.10 Å². The molecule has 128 valence electrons. The van der Waals surface area contributed by atoms with E-state index in [1.807, 2.05) is 36.4 Å². The van der Waals surface area contributed by atoms with E-state index in [-0.39, 0.29) is 5.91 Å². The fourth-order valence-corrected chi connectivity index (χ4v) is 3.43. The van der Waals surface area contributed by atoms with E-state index in [1.165, 1.54) is 18.5 Å². The fourth-order valence-electron chi connectivity index (χ4n) is 3.43. The van der Waals surface area contributed by atoms with Crippen LogP contribution >= 0.6 is 0 Å². The molecule has 1 saturated heterocycles. The lowest BCUT2D eigenvalue weighted by Crippen LogP contribution is -2.37. The van der Waals surface area contributed by atoms with Crippen molar-refractivity contribution in [3.63, 3.8) is 0 Å². The average Bonchev–Trinajstić information content (AvgIpc) is 3.17. The number of carbonyl (C=O) groups excluding carboxylic acids is 2. The quantitative estimate of drug-likeness (QED) is 0.876. The Bertz CT molecular complexity index is 795. The molecule has 1 amide bonds. The van der Waals surface area contributed by atoms with Gasteiger partial charge in [-0.1, -0.05) is 18.2 Å². The standard InChI is InChI=1S/C20H20N2O3/c23-19(18-13-14-5-1-2-6-17(14)20(24)25-18)21-15-7-9-16(10-8-15)22-11-3-4-12-22/h1-2,5-10,18H,3-4,11-13H2,(H,21,23). The van der Waals surface area contributed by atoms with Gasteiger partial charge in [-0.3, -0.25) is 4.79 Å². The summed E-state index contributed by atoms with van der Waals surface area (Å²) in [6, 6.07) is 15.1. The van der Waals surface area contributed by atoms with Gasteiger partial charge in [-0.2, -0.15) is 0 Å². The van der Waals surface area contributed by atoms with E-state index >= 15 is 0 Å². The summed E-state index contributed by atoms with van der Waals surface area (Å²) < 4.78 is 5.29. The predicted octanol–water partition coefficient (Wildman–Crippen LogP) is 3.01. The monoisotopic (exact) mass is 336 g/mol. The first-order valence-electron chi connectivity index (χ1n) is 8.65. The number of anilines is 2. The van der Waals surface area contributed by atoms with Crippen molar-refractivity contribution >= 4 is 23.3 Å². The number of fused-ring (bicyclic) bond motifs is 1. The van der Waals surface area contributed by atoms with Gasteiger partial charge >= 0.3 is 5.97 Å². The molecule has 1 fully saturated rings. The molecule has 0 saturated carbocycles. The van der Waals surface area contributed by atoms with Gasteiger partial charge in [0, 0.05) is 30.9 Å². The molecule has 5 nitrogen and oxygen atoms in total. The summed E-state index contributed by atoms with van der Waals surface area (Å²) in [5.74, 6) is -0.733. The van der Waals surface area contributed by atoms with Gasteiger partial charge in [-0.15, -0.1) is 0 Å². The Morgan fingerprint density at radius 2 is 1.76 bits per heavy atom. The Hall–Kier alpha value is -2.82. The molecule has 0 radical (unpaired) electrons. The van der Waals surface area contributed by atoms with Crippen LogP contribution in [-0.2, 0) is 16.0 Å². The lowest BCUT2D eigenvalue weighted by Gasteiger charge is -2.24. The lowest BCUT2D eigenvalue weighted by molar-refractivity contribution is -0.125. The third-order valence-corrected chi connectivity index (χ3v) is 4.79. The molecule has 1 N–H and O–H groups in total. The number of ether oxygens (including phenoxy) is 1. The largest absolute Gasteiger partial charge is 0.448 e. The topological polar surface area (TPSA) is 58.6 Å². The molecule has 1 atom stereocenters. The molecular formula is C20H20N2O3. The summed E-state index contributed by atoms with van der Waals surface area (Å²) in [4.78, 5) is 26.8. The van der Waals surface area contributed by atoms with Crippen LogP contribution < -0.4 is 10.2 Å². The Balaban J connectivity index is 1.43. The molecule has 2 aliphatic rings. The van der Waals surface area contributed by atoms with E-state index in [9.17, 15) is 9.59 Å². The van der Waals surface area contributed by atoms with Crippen LogP contribution in [0.1, 0.15) is 28.8 Å². The Labute approximate surface area is 146 Å². The molecule has 0 bridgehead atoms. The molecular weight excluding hydrogens is 316 g/mol. The zero-order chi connectivity index (χ0) is 17.2. The van der Waals surface area contributed by atoms with E-state index in [0.29, 0.717) is 17.7 Å². The number of benzene rings is 2. The molecule has 25 heavy (non-hydrogen) atoms. The number of nitrogens with zero attached hydrogens (tertiary/aromatic N) is 1. The summed E-state index contributed by atoms with van der Waals surface area (Å²) in [5.41, 5.74) is 3.28. The van der Waals surface area contributed by atoms with E-state index < -0.39 is 12.1 Å². The van der Waals surface area contributed by atoms with Gasteiger partial charge in [-0.25, -0.2) is 4.79 Å². The second-order valence-corrected chi connectivity index (χ2v) is 6.49. The summed E-state index contributed by atoms with van der Waals surface area (Å²) in [6.07, 6.45) is 2.07. The Morgan fingerprint density at radius 3 is 2.52 bits per heavy atom. The molecule has 2 heterocycles. The summed E-state index contributed by atoms with van der Waals surface area (Å²) in [5, 5.41) is 2.85. The smallest absolute Gasteiger partial charge is 0.339 e. The molecule has 0 spiro atoms. The number of hydrogen-bond acceptors (Lipinski definition) is 4. The van der Waals surface area contributed by atoms with Crippen molar-refractivity contribution in [1.29, 1.82) is 0 Å². The van der Waals surface area contributed by atoms with Crippen LogP contribution in [0.3, 0.4) is 0 Å². The van der Waals surface area contributed by atoms with Gasteiger partial charge in [0.2, 0.25) is 0 Å². The van der Waals surface area contributed by atoms with Crippen molar-refractivity contribution < 1.29 is 14.3 Å². The lowest BCUT2D eigenvalue weighted by atomic mass is 9.98. The number of nitrogens with one attached hydrogen (secondary N) is 1. The van der Waals surface area contributed by atoms with E-state index in [2.05, 4.69) is 10.2 Å². The zero-order valence-electron chi connectivity index (χ0n) is 13.9. The van der Waals surface area contributed by atoms with Crippen molar-refractivity contribution in [2.75, 3.05) is 23.3 Å². The van der Waals surface area contributed by atoms with Gasteiger partial charge in [0.1, 0.15) is 0 Å². The van der Waals surface area contributed by atoms with Gasteiger partial charge in [-0.05, 0) is 48.7 Å². The van der Waals surface area contributed by atoms with Crippen molar-refractivity contribution in [2.45, 2.75) is 25.4 Å². The highest BCUT2D eigenvalue weighted by Crippen LogP contribution is 2.24. The minimum absolute atomic E-state index is 0.295. The Morgan fingerprint density at radius 1 is 1.04 bits per heavy atom. The highest BCUT2D eigenvalue weighted by atomic mass is 16.5. The average molecular weight is 336 g/mol. The molecule has 2 aliphatic heterocycles. The van der Waals surface area contributed by atoms with Crippen LogP contribution in [0.2, 0.25) is 0 Å². The van der Waals surface area contributed by atoms with Gasteiger partial charge in [0.05, 0.1) is 5.56 Å². The third kappa shape index (κ3) is 3.22. The number of rotatable bonds is 3. The first kappa shape index (κ1) is 15.7. The van der Waals surface area contributed by atoms with Gasteiger partial charge < -0.3 is 15.0 Å². The van der Waals surface area contributed by atoms with Crippen molar-refractivity contribution in [1.82, 2.24) is 0 Å². The molecule has 0 aliphatic carbocycles. The highest BCUT2D eigenvalue weighted by Gasteiger charge is 2.31. The molecule has 0 aromatic heterocycles. The van der Waals surface area contributed by atoms with Crippen LogP contribution in [-0.4, -0.2) is 31.1 Å². The Kier molecular flexibility index (Phi) is 4.14. The SMILES string of the molecule is O=C1OC(C(=O)Nc2ccc(N3CCCC3)cc2)Cc2ccccc21. The summed E-state index contributed by atoms with van der Waals surface area (Å²) >= 11 is 0. The molecule has 4 rings (SSSR count). The predicted molar refractivity (Wildman–Crippen MR) is 95.9 cm³/mol. The maximum Gasteiger partial charge on any atom is 0.339 e. The summed E-state index contributed by atoms with van der Waals surface area (Å²) in [7, 11) is 0. The van der Waals surface area contributed by atoms with E-state index in [1.54, 1.807) is 12.1 Å². The van der Waals surface area contributed by atoms with Crippen LogP contribution in [0, 0.1) is 0 Å². The number of cyclic esters (lactones) is 1. The van der Waals surface area contributed by atoms with Gasteiger partial charge in [0.25, 0.3) is 5.91 Å². The fraction of sp³-hybridized carbons (Fsp3) is 0.300. The normalized spacial score (nSPS) is 19.3. The third-order valence-electron chi connectivity index (χ3n) is 4.79. The van der Waals surface area contributed by atoms with Crippen molar-refractivity contribution in [3.8, 4) is 0 Å². The number of hydrogen-bond donors (Lipinski definition) is 1. The maximum absolute atomic E-state index is 12.5. The highest BCUT2D eigenvalue weighted by molar-refractivity contribution is 6.00. The first-order valence-corrected chi connectivity index (χ1v) is 8.65. The molecule has 1 unspecified atom stereocenters. The van der Waals surface area contributed by atoms with E-state index in [4.69, 9.17) is 4.74 Å². The maximum atomic E-state index is 12.5. The molecule has 5 heteroatoms. The van der Waals surface area contributed by atoms with E-state index in [0.717, 1.165) is 18.7 Å².